The van der Waals surface area contributed by atoms with Gasteiger partial charge in [0.1, 0.15) is 0 Å². The molecule has 0 spiro atoms. The summed E-state index contributed by atoms with van der Waals surface area (Å²) in [4.78, 5) is 12.5. The first kappa shape index (κ1) is 20.1. The molecule has 0 heterocycles. The molecule has 0 aliphatic heterocycles. The zero-order valence-corrected chi connectivity index (χ0v) is 16.7. The molecule has 0 radical (unpaired) electrons. The van der Waals surface area contributed by atoms with Gasteiger partial charge in [0.2, 0.25) is 15.9 Å². The van der Waals surface area contributed by atoms with E-state index in [2.05, 4.69) is 10.0 Å². The first-order valence-corrected chi connectivity index (χ1v) is 10.0. The highest BCUT2D eigenvalue weighted by atomic mass is 32.2. The molecule has 5 nitrogen and oxygen atoms in total. The maximum absolute atomic E-state index is 12.7. The van der Waals surface area contributed by atoms with Crippen molar-refractivity contribution >= 4 is 15.9 Å². The Labute approximate surface area is 155 Å². The predicted octanol–water partition coefficient (Wildman–Crippen LogP) is 2.90. The Morgan fingerprint density at radius 3 is 2.04 bits per heavy atom. The Kier molecular flexibility index (Phi) is 6.21. The van der Waals surface area contributed by atoms with Crippen LogP contribution in [0.15, 0.2) is 41.3 Å². The van der Waals surface area contributed by atoms with Crippen LogP contribution in [0.4, 0.5) is 0 Å². The highest BCUT2D eigenvalue weighted by Gasteiger charge is 2.25. The van der Waals surface area contributed by atoms with Crippen LogP contribution in [0.1, 0.15) is 34.7 Å². The van der Waals surface area contributed by atoms with Crippen molar-refractivity contribution in [1.29, 1.82) is 0 Å². The van der Waals surface area contributed by atoms with Crippen LogP contribution in [-0.4, -0.2) is 20.4 Å². The minimum Gasteiger partial charge on any atom is -0.351 e. The second kappa shape index (κ2) is 8.01. The van der Waals surface area contributed by atoms with E-state index < -0.39 is 16.1 Å². The first-order chi connectivity index (χ1) is 12.1. The number of sulfonamides is 1. The molecule has 0 saturated carbocycles. The summed E-state index contributed by atoms with van der Waals surface area (Å²) >= 11 is 0. The van der Waals surface area contributed by atoms with Gasteiger partial charge in [-0.3, -0.25) is 4.79 Å². The number of nitrogens with one attached hydrogen (secondary N) is 2. The van der Waals surface area contributed by atoms with E-state index in [-0.39, 0.29) is 10.8 Å². The van der Waals surface area contributed by atoms with E-state index in [9.17, 15) is 13.2 Å². The molecule has 0 saturated heterocycles. The van der Waals surface area contributed by atoms with Gasteiger partial charge in [0.05, 0.1) is 10.9 Å². The molecule has 0 aliphatic carbocycles. The number of benzene rings is 2. The lowest BCUT2D eigenvalue weighted by Crippen LogP contribution is -2.44. The normalized spacial score (nSPS) is 12.7. The van der Waals surface area contributed by atoms with E-state index in [1.807, 2.05) is 50.2 Å². The number of hydrogen-bond acceptors (Lipinski definition) is 3. The molecule has 0 aromatic heterocycles. The third kappa shape index (κ3) is 4.93. The molecule has 26 heavy (non-hydrogen) atoms. The summed E-state index contributed by atoms with van der Waals surface area (Å²) in [6.45, 7) is 9.33. The van der Waals surface area contributed by atoms with Gasteiger partial charge >= 0.3 is 0 Å². The topological polar surface area (TPSA) is 75.3 Å². The number of carbonyl (C=O) groups excluding carboxylic acids is 1. The van der Waals surface area contributed by atoms with Crippen LogP contribution in [0.3, 0.4) is 0 Å². The molecule has 2 aromatic rings. The van der Waals surface area contributed by atoms with Crippen molar-refractivity contribution in [1.82, 2.24) is 10.0 Å². The van der Waals surface area contributed by atoms with Gasteiger partial charge in [-0.1, -0.05) is 47.5 Å². The van der Waals surface area contributed by atoms with Crippen LogP contribution in [0.25, 0.3) is 0 Å². The van der Waals surface area contributed by atoms with Crippen LogP contribution in [0.2, 0.25) is 0 Å². The largest absolute Gasteiger partial charge is 0.351 e. The summed E-state index contributed by atoms with van der Waals surface area (Å²) in [7, 11) is -3.78. The van der Waals surface area contributed by atoms with Crippen molar-refractivity contribution in [2.45, 2.75) is 52.1 Å². The molecule has 1 atom stereocenters. The van der Waals surface area contributed by atoms with E-state index in [4.69, 9.17) is 0 Å². The highest BCUT2D eigenvalue weighted by Crippen LogP contribution is 2.21. The van der Waals surface area contributed by atoms with E-state index in [0.29, 0.717) is 17.7 Å². The average Bonchev–Trinajstić information content (AvgIpc) is 2.52. The van der Waals surface area contributed by atoms with Gasteiger partial charge in [-0.15, -0.1) is 0 Å². The summed E-state index contributed by atoms with van der Waals surface area (Å²) in [6.07, 6.45) is 0. The minimum absolute atomic E-state index is 0.237. The number of rotatable bonds is 6. The van der Waals surface area contributed by atoms with Gasteiger partial charge in [-0.25, -0.2) is 8.42 Å². The fourth-order valence-electron chi connectivity index (χ4n) is 2.98. The van der Waals surface area contributed by atoms with Crippen molar-refractivity contribution in [3.63, 3.8) is 0 Å². The molecule has 1 unspecified atom stereocenters. The van der Waals surface area contributed by atoms with Crippen LogP contribution in [0.5, 0.6) is 0 Å². The van der Waals surface area contributed by atoms with E-state index >= 15 is 0 Å². The van der Waals surface area contributed by atoms with Crippen LogP contribution < -0.4 is 10.0 Å². The smallest absolute Gasteiger partial charge is 0.241 e. The Morgan fingerprint density at radius 1 is 0.962 bits per heavy atom. The molecule has 2 N–H and O–H groups in total. The molecule has 0 aliphatic rings. The molecule has 2 rings (SSSR count). The molecular formula is C20H26N2O3S. The number of hydrogen-bond donors (Lipinski definition) is 2. The highest BCUT2D eigenvalue weighted by molar-refractivity contribution is 7.89. The Bertz CT molecular complexity index is 880. The quantitative estimate of drug-likeness (QED) is 0.816. The third-order valence-electron chi connectivity index (χ3n) is 4.19. The van der Waals surface area contributed by atoms with Crippen molar-refractivity contribution < 1.29 is 13.2 Å². The van der Waals surface area contributed by atoms with Gasteiger partial charge < -0.3 is 5.32 Å². The van der Waals surface area contributed by atoms with Crippen molar-refractivity contribution in [2.75, 3.05) is 0 Å². The Morgan fingerprint density at radius 2 is 1.50 bits per heavy atom. The van der Waals surface area contributed by atoms with Crippen molar-refractivity contribution in [3.8, 4) is 0 Å². The van der Waals surface area contributed by atoms with Crippen LogP contribution in [-0.2, 0) is 21.4 Å². The van der Waals surface area contributed by atoms with Crippen LogP contribution in [0, 0.1) is 27.7 Å². The maximum Gasteiger partial charge on any atom is 0.241 e. The summed E-state index contributed by atoms with van der Waals surface area (Å²) in [5.41, 5.74) is 4.45. The number of aryl methyl sites for hydroxylation is 4. The van der Waals surface area contributed by atoms with E-state index in [1.54, 1.807) is 20.8 Å². The molecule has 6 heteroatoms. The Hall–Kier alpha value is -2.18. The van der Waals surface area contributed by atoms with Gasteiger partial charge in [0.15, 0.2) is 0 Å². The van der Waals surface area contributed by atoms with Crippen LogP contribution >= 0.6 is 0 Å². The van der Waals surface area contributed by atoms with Gasteiger partial charge in [0.25, 0.3) is 0 Å². The zero-order valence-electron chi connectivity index (χ0n) is 15.9. The molecule has 140 valence electrons. The zero-order chi connectivity index (χ0) is 19.5. The molecule has 0 fully saturated rings. The molecule has 2 aromatic carbocycles. The molecular weight excluding hydrogens is 348 g/mol. The standard InChI is InChI=1S/C20H26N2O3S/c1-13-6-8-18(9-7-13)12-21-20(23)17(5)22-26(24,25)19-15(3)10-14(2)11-16(19)4/h6-11,17,22H,12H2,1-5H3,(H,21,23). The predicted molar refractivity (Wildman–Crippen MR) is 103 cm³/mol. The second-order valence-electron chi connectivity index (χ2n) is 6.77. The minimum atomic E-state index is -3.78. The molecule has 1 amide bonds. The monoisotopic (exact) mass is 374 g/mol. The lowest BCUT2D eigenvalue weighted by Gasteiger charge is -2.17. The average molecular weight is 375 g/mol. The second-order valence-corrected chi connectivity index (χ2v) is 8.43. The van der Waals surface area contributed by atoms with Crippen molar-refractivity contribution in [3.05, 3.63) is 64.2 Å². The van der Waals surface area contributed by atoms with Gasteiger partial charge in [-0.05, 0) is 51.3 Å². The fourth-order valence-corrected chi connectivity index (χ4v) is 4.64. The van der Waals surface area contributed by atoms with Gasteiger partial charge in [-0.2, -0.15) is 4.72 Å². The molecule has 0 bridgehead atoms. The fraction of sp³-hybridized carbons (Fsp3) is 0.350. The third-order valence-corrected chi connectivity index (χ3v) is 6.03. The van der Waals surface area contributed by atoms with Gasteiger partial charge in [0, 0.05) is 6.54 Å². The maximum atomic E-state index is 12.7. The number of carbonyl (C=O) groups is 1. The summed E-state index contributed by atoms with van der Waals surface area (Å²) < 4.78 is 27.9. The van der Waals surface area contributed by atoms with Crippen molar-refractivity contribution in [2.24, 2.45) is 0 Å². The number of amides is 1. The summed E-state index contributed by atoms with van der Waals surface area (Å²) in [5.74, 6) is -0.364. The SMILES string of the molecule is Cc1ccc(CNC(=O)C(C)NS(=O)(=O)c2c(C)cc(C)cc2C)cc1. The summed E-state index contributed by atoms with van der Waals surface area (Å²) in [5, 5.41) is 2.76. The Balaban J connectivity index is 2.06. The van der Waals surface area contributed by atoms with E-state index in [1.165, 1.54) is 0 Å². The lowest BCUT2D eigenvalue weighted by molar-refractivity contribution is -0.122. The first-order valence-electron chi connectivity index (χ1n) is 8.53. The van der Waals surface area contributed by atoms with E-state index in [0.717, 1.165) is 16.7 Å². The lowest BCUT2D eigenvalue weighted by atomic mass is 10.1. The summed E-state index contributed by atoms with van der Waals surface area (Å²) in [6, 6.07) is 10.6.